The van der Waals surface area contributed by atoms with Gasteiger partial charge in [-0.05, 0) is 17.0 Å². The van der Waals surface area contributed by atoms with Crippen LogP contribution < -0.4 is 10.1 Å². The van der Waals surface area contributed by atoms with E-state index in [1.54, 1.807) is 7.11 Å². The largest absolute Gasteiger partial charge is 0.495 e. The molecule has 3 heteroatoms. The molecular formula is C14H21NO2. The summed E-state index contributed by atoms with van der Waals surface area (Å²) in [6.07, 6.45) is 0.330. The van der Waals surface area contributed by atoms with Gasteiger partial charge in [-0.3, -0.25) is 0 Å². The van der Waals surface area contributed by atoms with E-state index in [4.69, 9.17) is 4.74 Å². The highest BCUT2D eigenvalue weighted by molar-refractivity contribution is 5.64. The maximum absolute atomic E-state index is 10.2. The second-order valence-corrected chi connectivity index (χ2v) is 5.75. The molecule has 0 saturated heterocycles. The first-order chi connectivity index (χ1) is 7.93. The van der Waals surface area contributed by atoms with E-state index in [2.05, 4.69) is 26.1 Å². The molecule has 2 rings (SSSR count). The van der Waals surface area contributed by atoms with E-state index in [9.17, 15) is 5.11 Å². The number of rotatable bonds is 1. The highest BCUT2D eigenvalue weighted by atomic mass is 16.5. The summed E-state index contributed by atoms with van der Waals surface area (Å²) in [5.41, 5.74) is 2.16. The van der Waals surface area contributed by atoms with Crippen LogP contribution in [-0.4, -0.2) is 24.4 Å². The van der Waals surface area contributed by atoms with Crippen molar-refractivity contribution in [1.29, 1.82) is 0 Å². The molecule has 0 bridgehead atoms. The molecule has 2 atom stereocenters. The Balaban J connectivity index is 2.38. The second-order valence-electron chi connectivity index (χ2n) is 5.75. The van der Waals surface area contributed by atoms with Crippen LogP contribution in [0.2, 0.25) is 0 Å². The van der Waals surface area contributed by atoms with Gasteiger partial charge in [0.1, 0.15) is 5.75 Å². The summed E-state index contributed by atoms with van der Waals surface area (Å²) in [7, 11) is 1.68. The molecule has 0 amide bonds. The number of hydrogen-bond donors (Lipinski definition) is 2. The molecule has 0 aromatic heterocycles. The van der Waals surface area contributed by atoms with Gasteiger partial charge in [-0.2, -0.15) is 0 Å². The summed E-state index contributed by atoms with van der Waals surface area (Å²) in [6, 6.07) is 5.99. The highest BCUT2D eigenvalue weighted by Gasteiger charge is 2.35. The molecule has 0 fully saturated rings. The van der Waals surface area contributed by atoms with Gasteiger partial charge >= 0.3 is 0 Å². The van der Waals surface area contributed by atoms with Crippen molar-refractivity contribution < 1.29 is 9.84 Å². The van der Waals surface area contributed by atoms with Gasteiger partial charge in [0, 0.05) is 6.42 Å². The zero-order valence-electron chi connectivity index (χ0n) is 10.9. The quantitative estimate of drug-likeness (QED) is 0.785. The van der Waals surface area contributed by atoms with E-state index in [0.717, 1.165) is 17.0 Å². The van der Waals surface area contributed by atoms with Gasteiger partial charge in [0.15, 0.2) is 0 Å². The lowest BCUT2D eigenvalue weighted by atomic mass is 9.79. The zero-order valence-corrected chi connectivity index (χ0v) is 10.9. The van der Waals surface area contributed by atoms with Crippen LogP contribution in [0.1, 0.15) is 26.3 Å². The Morgan fingerprint density at radius 1 is 1.35 bits per heavy atom. The Bertz CT molecular complexity index is 409. The minimum atomic E-state index is -0.352. The summed E-state index contributed by atoms with van der Waals surface area (Å²) < 4.78 is 5.36. The summed E-state index contributed by atoms with van der Waals surface area (Å²) in [6.45, 7) is 6.40. The monoisotopic (exact) mass is 235 g/mol. The lowest BCUT2D eigenvalue weighted by Gasteiger charge is -2.40. The molecule has 1 aromatic rings. The minimum absolute atomic E-state index is 0.0119. The van der Waals surface area contributed by atoms with E-state index < -0.39 is 0 Å². The Labute approximate surface area is 103 Å². The molecule has 1 aliphatic rings. The van der Waals surface area contributed by atoms with Crippen LogP contribution in [0, 0.1) is 5.41 Å². The van der Waals surface area contributed by atoms with Gasteiger partial charge in [-0.25, -0.2) is 0 Å². The predicted octanol–water partition coefficient (Wildman–Crippen LogP) is 2.44. The third kappa shape index (κ3) is 2.25. The van der Waals surface area contributed by atoms with Gasteiger partial charge in [0.25, 0.3) is 0 Å². The number of ether oxygens (including phenoxy) is 1. The Morgan fingerprint density at radius 2 is 2.06 bits per heavy atom. The molecule has 1 aliphatic heterocycles. The summed E-state index contributed by atoms with van der Waals surface area (Å²) in [5.74, 6) is 0.851. The zero-order chi connectivity index (χ0) is 12.6. The van der Waals surface area contributed by atoms with Crippen LogP contribution in [0.25, 0.3) is 0 Å². The molecule has 17 heavy (non-hydrogen) atoms. The molecule has 0 spiro atoms. The van der Waals surface area contributed by atoms with Crippen molar-refractivity contribution in [3.63, 3.8) is 0 Å². The smallest absolute Gasteiger partial charge is 0.142 e. The first-order valence-electron chi connectivity index (χ1n) is 6.04. The van der Waals surface area contributed by atoms with Crippen molar-refractivity contribution in [3.05, 3.63) is 23.8 Å². The van der Waals surface area contributed by atoms with Crippen molar-refractivity contribution in [2.24, 2.45) is 5.41 Å². The van der Waals surface area contributed by atoms with Crippen LogP contribution in [-0.2, 0) is 6.42 Å². The fourth-order valence-corrected chi connectivity index (χ4v) is 2.47. The van der Waals surface area contributed by atoms with Crippen LogP contribution >= 0.6 is 0 Å². The van der Waals surface area contributed by atoms with Gasteiger partial charge in [0.05, 0.1) is 24.9 Å². The number of hydrogen-bond acceptors (Lipinski definition) is 3. The van der Waals surface area contributed by atoms with E-state index in [-0.39, 0.29) is 17.6 Å². The third-order valence-corrected chi connectivity index (χ3v) is 3.38. The SMILES string of the molecule is COc1cccc2c1NC(C(C)(C)C)C(O)C2. The number of para-hydroxylation sites is 1. The van der Waals surface area contributed by atoms with Crippen LogP contribution in [0.5, 0.6) is 5.75 Å². The third-order valence-electron chi connectivity index (χ3n) is 3.38. The number of nitrogens with one attached hydrogen (secondary N) is 1. The average Bonchev–Trinajstić information content (AvgIpc) is 2.25. The van der Waals surface area contributed by atoms with Crippen LogP contribution in [0.4, 0.5) is 5.69 Å². The summed E-state index contributed by atoms with van der Waals surface area (Å²) in [4.78, 5) is 0. The van der Waals surface area contributed by atoms with Crippen molar-refractivity contribution in [1.82, 2.24) is 0 Å². The maximum Gasteiger partial charge on any atom is 0.142 e. The van der Waals surface area contributed by atoms with Crippen molar-refractivity contribution in [2.75, 3.05) is 12.4 Å². The van der Waals surface area contributed by atoms with E-state index in [1.165, 1.54) is 0 Å². The van der Waals surface area contributed by atoms with E-state index in [1.807, 2.05) is 18.2 Å². The maximum atomic E-state index is 10.2. The van der Waals surface area contributed by atoms with Gasteiger partial charge < -0.3 is 15.2 Å². The van der Waals surface area contributed by atoms with E-state index >= 15 is 0 Å². The molecule has 0 radical (unpaired) electrons. The molecule has 1 aromatic carbocycles. The molecule has 2 unspecified atom stereocenters. The van der Waals surface area contributed by atoms with Crippen LogP contribution in [0.15, 0.2) is 18.2 Å². The molecule has 94 valence electrons. The van der Waals surface area contributed by atoms with Gasteiger partial charge in [-0.15, -0.1) is 0 Å². The standard InChI is InChI=1S/C14H21NO2/c1-14(2,3)13-10(16)8-9-6-5-7-11(17-4)12(9)15-13/h5-7,10,13,15-16H,8H2,1-4H3. The number of fused-ring (bicyclic) bond motifs is 1. The normalized spacial score (nSPS) is 23.8. The minimum Gasteiger partial charge on any atom is -0.495 e. The van der Waals surface area contributed by atoms with Crippen LogP contribution in [0.3, 0.4) is 0 Å². The molecule has 0 saturated carbocycles. The Morgan fingerprint density at radius 3 is 2.65 bits per heavy atom. The second kappa shape index (κ2) is 4.22. The van der Waals surface area contributed by atoms with Gasteiger partial charge in [-0.1, -0.05) is 32.9 Å². The number of anilines is 1. The molecule has 0 aliphatic carbocycles. The first-order valence-corrected chi connectivity index (χ1v) is 6.04. The highest BCUT2D eigenvalue weighted by Crippen LogP contribution is 2.38. The fraction of sp³-hybridized carbons (Fsp3) is 0.571. The predicted molar refractivity (Wildman–Crippen MR) is 69.6 cm³/mol. The molecule has 3 nitrogen and oxygen atoms in total. The number of aliphatic hydroxyl groups excluding tert-OH is 1. The topological polar surface area (TPSA) is 41.5 Å². The first kappa shape index (κ1) is 12.2. The lowest BCUT2D eigenvalue weighted by Crippen LogP contribution is -2.47. The van der Waals surface area contributed by atoms with Gasteiger partial charge in [0.2, 0.25) is 0 Å². The fourth-order valence-electron chi connectivity index (χ4n) is 2.47. The van der Waals surface area contributed by atoms with Crippen molar-refractivity contribution >= 4 is 5.69 Å². The average molecular weight is 235 g/mol. The summed E-state index contributed by atoms with van der Waals surface area (Å²) in [5, 5.41) is 13.6. The van der Waals surface area contributed by atoms with E-state index in [0.29, 0.717) is 6.42 Å². The van der Waals surface area contributed by atoms with Crippen molar-refractivity contribution in [2.45, 2.75) is 39.3 Å². The molecular weight excluding hydrogens is 214 g/mol. The number of benzene rings is 1. The Hall–Kier alpha value is -1.22. The number of aliphatic hydroxyl groups is 1. The molecule has 1 heterocycles. The Kier molecular flexibility index (Phi) is 3.04. The van der Waals surface area contributed by atoms with Crippen molar-refractivity contribution in [3.8, 4) is 5.75 Å². The molecule has 2 N–H and O–H groups in total. The lowest BCUT2D eigenvalue weighted by molar-refractivity contribution is 0.0984. The number of methoxy groups -OCH3 is 1. The summed E-state index contributed by atoms with van der Waals surface area (Å²) >= 11 is 0.